The van der Waals surface area contributed by atoms with Crippen molar-refractivity contribution >= 4 is 5.69 Å². The molecule has 0 bridgehead atoms. The van der Waals surface area contributed by atoms with Gasteiger partial charge in [-0.25, -0.2) is 0 Å². The lowest BCUT2D eigenvalue weighted by molar-refractivity contribution is 0.152. The minimum Gasteiger partial charge on any atom is -0.380 e. The molecule has 0 aromatic heterocycles. The fraction of sp³-hybridized carbons (Fsp3) is 0.625. The van der Waals surface area contributed by atoms with Gasteiger partial charge in [0.2, 0.25) is 0 Å². The molecular weight excluding hydrogens is 236 g/mol. The maximum Gasteiger partial charge on any atom is 0.0641 e. The molecule has 1 aromatic carbocycles. The van der Waals surface area contributed by atoms with Gasteiger partial charge in [0.15, 0.2) is 0 Å². The zero-order valence-electron chi connectivity index (χ0n) is 11.8. The lowest BCUT2D eigenvalue weighted by atomic mass is 10.1. The number of hydrogen-bond donors (Lipinski definition) is 1. The summed E-state index contributed by atoms with van der Waals surface area (Å²) in [7, 11) is 0. The number of rotatable bonds is 4. The highest BCUT2D eigenvalue weighted by Crippen LogP contribution is 2.25. The third-order valence-corrected chi connectivity index (χ3v) is 3.96. The van der Waals surface area contributed by atoms with Gasteiger partial charge in [-0.05, 0) is 37.8 Å². The van der Waals surface area contributed by atoms with Crippen molar-refractivity contribution in [3.05, 3.63) is 29.3 Å². The van der Waals surface area contributed by atoms with Crippen molar-refractivity contribution in [1.82, 2.24) is 5.32 Å². The first-order valence-electron chi connectivity index (χ1n) is 7.48. The highest BCUT2D eigenvalue weighted by molar-refractivity contribution is 5.55. The van der Waals surface area contributed by atoms with Gasteiger partial charge in [-0.1, -0.05) is 17.7 Å². The number of aryl methyl sites for hydroxylation is 1. The van der Waals surface area contributed by atoms with Crippen molar-refractivity contribution in [2.45, 2.75) is 38.8 Å². The molecule has 1 saturated heterocycles. The highest BCUT2D eigenvalue weighted by Gasteiger charge is 2.21. The van der Waals surface area contributed by atoms with Gasteiger partial charge in [0.05, 0.1) is 6.61 Å². The van der Waals surface area contributed by atoms with Crippen LogP contribution in [0, 0.1) is 6.92 Å². The zero-order chi connectivity index (χ0) is 13.1. The van der Waals surface area contributed by atoms with E-state index in [4.69, 9.17) is 4.74 Å². The summed E-state index contributed by atoms with van der Waals surface area (Å²) >= 11 is 0. The van der Waals surface area contributed by atoms with Gasteiger partial charge >= 0.3 is 0 Å². The van der Waals surface area contributed by atoms with Gasteiger partial charge in [0.25, 0.3) is 0 Å². The van der Waals surface area contributed by atoms with E-state index in [0.717, 1.165) is 45.3 Å². The summed E-state index contributed by atoms with van der Waals surface area (Å²) in [6.45, 7) is 7.05. The predicted molar refractivity (Wildman–Crippen MR) is 78.7 cm³/mol. The van der Waals surface area contributed by atoms with E-state index in [0.29, 0.717) is 0 Å². The molecule has 2 aliphatic rings. The molecule has 0 spiro atoms. The minimum absolute atomic E-state index is 0.765. The Morgan fingerprint density at radius 2 is 2.16 bits per heavy atom. The van der Waals surface area contributed by atoms with Crippen molar-refractivity contribution in [2.75, 3.05) is 31.2 Å². The summed E-state index contributed by atoms with van der Waals surface area (Å²) in [6.07, 6.45) is 3.82. The van der Waals surface area contributed by atoms with E-state index >= 15 is 0 Å². The van der Waals surface area contributed by atoms with Crippen molar-refractivity contribution in [1.29, 1.82) is 0 Å². The van der Waals surface area contributed by atoms with Gasteiger partial charge in [-0.15, -0.1) is 0 Å². The topological polar surface area (TPSA) is 24.5 Å². The summed E-state index contributed by atoms with van der Waals surface area (Å²) in [6, 6.07) is 7.60. The van der Waals surface area contributed by atoms with Crippen molar-refractivity contribution in [3.8, 4) is 0 Å². The van der Waals surface area contributed by atoms with Crippen molar-refractivity contribution in [2.24, 2.45) is 0 Å². The Labute approximate surface area is 115 Å². The van der Waals surface area contributed by atoms with Crippen LogP contribution in [0.3, 0.4) is 0 Å². The molecule has 1 aliphatic carbocycles. The SMILES string of the molecule is Cc1ccc(N2CCCOCC2)c(CNC2CC2)c1. The van der Waals surface area contributed by atoms with E-state index < -0.39 is 0 Å². The monoisotopic (exact) mass is 260 g/mol. The fourth-order valence-corrected chi connectivity index (χ4v) is 2.69. The molecule has 1 aromatic rings. The molecule has 0 unspecified atom stereocenters. The van der Waals surface area contributed by atoms with Gasteiger partial charge in [0, 0.05) is 38.0 Å². The zero-order valence-corrected chi connectivity index (χ0v) is 11.8. The molecule has 1 N–H and O–H groups in total. The lowest BCUT2D eigenvalue weighted by Gasteiger charge is -2.25. The number of nitrogens with zero attached hydrogens (tertiary/aromatic N) is 1. The summed E-state index contributed by atoms with van der Waals surface area (Å²) in [5.41, 5.74) is 4.18. The Bertz CT molecular complexity index is 421. The second kappa shape index (κ2) is 5.93. The number of benzene rings is 1. The second-order valence-corrected chi connectivity index (χ2v) is 5.74. The maximum absolute atomic E-state index is 5.56. The molecular formula is C16H24N2O. The first kappa shape index (κ1) is 12.9. The average molecular weight is 260 g/mol. The predicted octanol–water partition coefficient (Wildman–Crippen LogP) is 2.47. The Balaban J connectivity index is 1.76. The normalized spacial score (nSPS) is 20.4. The standard InChI is InChI=1S/C16H24N2O/c1-13-3-6-16(18-7-2-9-19-10-8-18)14(11-13)12-17-15-4-5-15/h3,6,11,15,17H,2,4-5,7-10,12H2,1H3. The second-order valence-electron chi connectivity index (χ2n) is 5.74. The molecule has 0 amide bonds. The first-order valence-corrected chi connectivity index (χ1v) is 7.48. The molecule has 1 heterocycles. The molecule has 3 rings (SSSR count). The smallest absolute Gasteiger partial charge is 0.0641 e. The molecule has 0 atom stereocenters. The van der Waals surface area contributed by atoms with E-state index in [1.54, 1.807) is 0 Å². The van der Waals surface area contributed by atoms with Crippen LogP contribution < -0.4 is 10.2 Å². The minimum atomic E-state index is 0.765. The van der Waals surface area contributed by atoms with E-state index in [9.17, 15) is 0 Å². The van der Waals surface area contributed by atoms with Crippen LogP contribution in [0.2, 0.25) is 0 Å². The van der Waals surface area contributed by atoms with Gasteiger partial charge in [0.1, 0.15) is 0 Å². The van der Waals surface area contributed by atoms with Crippen LogP contribution in [0.1, 0.15) is 30.4 Å². The Morgan fingerprint density at radius 3 is 3.00 bits per heavy atom. The Morgan fingerprint density at radius 1 is 1.26 bits per heavy atom. The van der Waals surface area contributed by atoms with Gasteiger partial charge in [-0.3, -0.25) is 0 Å². The first-order chi connectivity index (χ1) is 9.33. The summed E-state index contributed by atoms with van der Waals surface area (Å²) in [5.74, 6) is 0. The van der Waals surface area contributed by atoms with Gasteiger partial charge in [-0.2, -0.15) is 0 Å². The van der Waals surface area contributed by atoms with Crippen LogP contribution in [-0.4, -0.2) is 32.3 Å². The summed E-state index contributed by atoms with van der Waals surface area (Å²) < 4.78 is 5.56. The van der Waals surface area contributed by atoms with Crippen molar-refractivity contribution in [3.63, 3.8) is 0 Å². The van der Waals surface area contributed by atoms with E-state index in [1.807, 2.05) is 0 Å². The van der Waals surface area contributed by atoms with E-state index in [2.05, 4.69) is 35.3 Å². The largest absolute Gasteiger partial charge is 0.380 e. The van der Waals surface area contributed by atoms with E-state index in [1.165, 1.54) is 29.7 Å². The molecule has 19 heavy (non-hydrogen) atoms. The molecule has 2 fully saturated rings. The number of anilines is 1. The van der Waals surface area contributed by atoms with Crippen molar-refractivity contribution < 1.29 is 4.74 Å². The molecule has 1 saturated carbocycles. The third-order valence-electron chi connectivity index (χ3n) is 3.96. The summed E-state index contributed by atoms with van der Waals surface area (Å²) in [5, 5.41) is 3.64. The number of hydrogen-bond acceptors (Lipinski definition) is 3. The van der Waals surface area contributed by atoms with E-state index in [-0.39, 0.29) is 0 Å². The summed E-state index contributed by atoms with van der Waals surface area (Å²) in [4.78, 5) is 2.48. The Kier molecular flexibility index (Phi) is 4.04. The van der Waals surface area contributed by atoms with Crippen LogP contribution in [0.15, 0.2) is 18.2 Å². The molecule has 3 nitrogen and oxygen atoms in total. The van der Waals surface area contributed by atoms with Crippen LogP contribution >= 0.6 is 0 Å². The quantitative estimate of drug-likeness (QED) is 0.900. The number of ether oxygens (including phenoxy) is 1. The third kappa shape index (κ3) is 3.48. The fourth-order valence-electron chi connectivity index (χ4n) is 2.69. The average Bonchev–Trinajstić information content (AvgIpc) is 3.24. The van der Waals surface area contributed by atoms with Crippen LogP contribution in [0.4, 0.5) is 5.69 Å². The van der Waals surface area contributed by atoms with Gasteiger partial charge < -0.3 is 15.0 Å². The number of nitrogens with one attached hydrogen (secondary N) is 1. The van der Waals surface area contributed by atoms with Crippen LogP contribution in [0.5, 0.6) is 0 Å². The molecule has 0 radical (unpaired) electrons. The lowest BCUT2D eigenvalue weighted by Crippen LogP contribution is -2.28. The maximum atomic E-state index is 5.56. The van der Waals surface area contributed by atoms with Crippen LogP contribution in [0.25, 0.3) is 0 Å². The molecule has 1 aliphatic heterocycles. The molecule has 3 heteroatoms. The highest BCUT2D eigenvalue weighted by atomic mass is 16.5. The van der Waals surface area contributed by atoms with Crippen LogP contribution in [-0.2, 0) is 11.3 Å². The Hall–Kier alpha value is -1.06. The molecule has 104 valence electrons.